The van der Waals surface area contributed by atoms with Crippen LogP contribution in [-0.4, -0.2) is 51.0 Å². The number of carbonyl (C=O) groups excluding carboxylic acids is 3. The lowest BCUT2D eigenvalue weighted by molar-refractivity contribution is -0.312. The summed E-state index contributed by atoms with van der Waals surface area (Å²) in [6, 6.07) is 7.24. The number of β-lactam (4-membered cyclic amide) rings is 1. The number of carboxylic acids is 1. The SMILES string of the molecule is CC[C@H](Oc1ccccc1)C(=O)N[C@@H]1C(=O)N2[C@@H]1SC(C)(C)[C@H]2C(=O)[O-]. The number of aliphatic carboxylic acids is 1. The molecule has 2 amide bonds. The fourth-order valence-corrected chi connectivity index (χ4v) is 4.98. The van der Waals surface area contributed by atoms with Crippen LogP contribution in [-0.2, 0) is 14.4 Å². The lowest BCUT2D eigenvalue weighted by atomic mass is 9.96. The Hall–Kier alpha value is -2.22. The third-order valence-corrected chi connectivity index (χ3v) is 6.22. The van der Waals surface area contributed by atoms with Crippen molar-refractivity contribution in [3.8, 4) is 5.75 Å². The molecule has 1 aromatic carbocycles. The molecule has 4 atom stereocenters. The van der Waals surface area contributed by atoms with Crippen molar-refractivity contribution in [2.45, 2.75) is 55.5 Å². The number of nitrogens with zero attached hydrogens (tertiary/aromatic N) is 1. The van der Waals surface area contributed by atoms with Crippen molar-refractivity contribution in [2.75, 3.05) is 0 Å². The largest absolute Gasteiger partial charge is 0.548 e. The summed E-state index contributed by atoms with van der Waals surface area (Å²) >= 11 is 1.36. The molecule has 0 bridgehead atoms. The predicted molar refractivity (Wildman–Crippen MR) is 94.2 cm³/mol. The second-order valence-corrected chi connectivity index (χ2v) is 8.66. The van der Waals surface area contributed by atoms with Gasteiger partial charge in [0, 0.05) is 4.75 Å². The predicted octanol–water partition coefficient (Wildman–Crippen LogP) is 0.141. The molecule has 26 heavy (non-hydrogen) atoms. The van der Waals surface area contributed by atoms with Crippen molar-refractivity contribution >= 4 is 29.5 Å². The molecular formula is C18H21N2O5S-. The van der Waals surface area contributed by atoms with Gasteiger partial charge in [0.2, 0.25) is 5.91 Å². The first kappa shape index (κ1) is 18.6. The number of carbonyl (C=O) groups is 3. The number of rotatable bonds is 6. The van der Waals surface area contributed by atoms with Crippen LogP contribution in [0.25, 0.3) is 0 Å². The number of hydrogen-bond acceptors (Lipinski definition) is 6. The lowest BCUT2D eigenvalue weighted by Crippen LogP contribution is -2.72. The van der Waals surface area contributed by atoms with E-state index >= 15 is 0 Å². The summed E-state index contributed by atoms with van der Waals surface area (Å²) in [6.07, 6.45) is -0.285. The highest BCUT2D eigenvalue weighted by Crippen LogP contribution is 2.50. The maximum absolute atomic E-state index is 12.5. The number of carboxylic acid groups (broad SMARTS) is 1. The van der Waals surface area contributed by atoms with E-state index in [1.165, 1.54) is 16.7 Å². The Morgan fingerprint density at radius 3 is 2.58 bits per heavy atom. The number of amides is 2. The van der Waals surface area contributed by atoms with Gasteiger partial charge in [0.05, 0.1) is 12.0 Å². The number of hydrogen-bond donors (Lipinski definition) is 1. The average Bonchev–Trinajstić information content (AvgIpc) is 2.86. The van der Waals surface area contributed by atoms with Gasteiger partial charge in [-0.3, -0.25) is 9.59 Å². The maximum atomic E-state index is 12.5. The van der Waals surface area contributed by atoms with E-state index in [4.69, 9.17) is 4.74 Å². The summed E-state index contributed by atoms with van der Waals surface area (Å²) in [6.45, 7) is 5.34. The quantitative estimate of drug-likeness (QED) is 0.708. The van der Waals surface area contributed by atoms with Crippen molar-refractivity contribution < 1.29 is 24.2 Å². The summed E-state index contributed by atoms with van der Waals surface area (Å²) in [5, 5.41) is 13.7. The van der Waals surface area contributed by atoms with E-state index in [-0.39, 0.29) is 5.91 Å². The molecule has 0 aliphatic carbocycles. The van der Waals surface area contributed by atoms with Crippen molar-refractivity contribution in [2.24, 2.45) is 0 Å². The van der Waals surface area contributed by atoms with Gasteiger partial charge in [-0.05, 0) is 32.4 Å². The Kier molecular flexibility index (Phi) is 4.88. The summed E-state index contributed by atoms with van der Waals surface area (Å²) in [7, 11) is 0. The molecule has 0 aromatic heterocycles. The fourth-order valence-electron chi connectivity index (χ4n) is 3.36. The monoisotopic (exact) mass is 377 g/mol. The van der Waals surface area contributed by atoms with Gasteiger partial charge in [0.25, 0.3) is 5.91 Å². The van der Waals surface area contributed by atoms with Crippen molar-refractivity contribution in [1.82, 2.24) is 10.2 Å². The summed E-state index contributed by atoms with van der Waals surface area (Å²) in [4.78, 5) is 37.7. The lowest BCUT2D eigenvalue weighted by Gasteiger charge is -2.45. The van der Waals surface area contributed by atoms with Crippen molar-refractivity contribution in [3.05, 3.63) is 30.3 Å². The summed E-state index contributed by atoms with van der Waals surface area (Å²) in [5.74, 6) is -1.48. The molecule has 0 unspecified atom stereocenters. The molecule has 1 N–H and O–H groups in total. The van der Waals surface area contributed by atoms with E-state index in [0.29, 0.717) is 12.2 Å². The number of ether oxygens (including phenoxy) is 1. The Morgan fingerprint density at radius 2 is 2.00 bits per heavy atom. The Balaban J connectivity index is 1.67. The molecule has 0 radical (unpaired) electrons. The minimum Gasteiger partial charge on any atom is -0.548 e. The third-order valence-electron chi connectivity index (χ3n) is 4.65. The van der Waals surface area contributed by atoms with Crippen LogP contribution in [0.2, 0.25) is 0 Å². The van der Waals surface area contributed by atoms with Gasteiger partial charge in [-0.2, -0.15) is 0 Å². The Labute approximate surface area is 156 Å². The highest BCUT2D eigenvalue weighted by Gasteiger charge is 2.62. The van der Waals surface area contributed by atoms with Crippen LogP contribution in [0.5, 0.6) is 5.75 Å². The topological polar surface area (TPSA) is 98.8 Å². The molecular weight excluding hydrogens is 356 g/mol. The van der Waals surface area contributed by atoms with E-state index in [0.717, 1.165) is 0 Å². The molecule has 140 valence electrons. The molecule has 1 aromatic rings. The van der Waals surface area contributed by atoms with Gasteiger partial charge in [-0.25, -0.2) is 0 Å². The summed E-state index contributed by atoms with van der Waals surface area (Å²) in [5.41, 5.74) is 0. The number of thioether (sulfide) groups is 1. The van der Waals surface area contributed by atoms with Gasteiger partial charge in [0.15, 0.2) is 6.10 Å². The first-order valence-corrected chi connectivity index (χ1v) is 9.37. The van der Waals surface area contributed by atoms with E-state index in [1.807, 2.05) is 25.1 Å². The van der Waals surface area contributed by atoms with E-state index in [2.05, 4.69) is 5.32 Å². The van der Waals surface area contributed by atoms with Gasteiger partial charge in [-0.15, -0.1) is 11.8 Å². The normalized spacial score (nSPS) is 27.3. The second-order valence-electron chi connectivity index (χ2n) is 6.89. The molecule has 8 heteroatoms. The number of para-hydroxylation sites is 1. The van der Waals surface area contributed by atoms with Gasteiger partial charge >= 0.3 is 0 Å². The average molecular weight is 377 g/mol. The van der Waals surface area contributed by atoms with Gasteiger partial charge < -0.3 is 24.9 Å². The highest BCUT2D eigenvalue weighted by molar-refractivity contribution is 8.01. The highest BCUT2D eigenvalue weighted by atomic mass is 32.2. The molecule has 2 fully saturated rings. The van der Waals surface area contributed by atoms with E-state index in [9.17, 15) is 19.5 Å². The van der Waals surface area contributed by atoms with Crippen LogP contribution in [0.15, 0.2) is 30.3 Å². The fraction of sp³-hybridized carbons (Fsp3) is 0.500. The molecule has 0 spiro atoms. The summed E-state index contributed by atoms with van der Waals surface area (Å²) < 4.78 is 5.02. The van der Waals surface area contributed by atoms with Crippen LogP contribution in [0, 0.1) is 0 Å². The smallest absolute Gasteiger partial charge is 0.261 e. The molecule has 0 saturated carbocycles. The van der Waals surface area contributed by atoms with Crippen molar-refractivity contribution in [1.29, 1.82) is 0 Å². The van der Waals surface area contributed by atoms with Crippen LogP contribution in [0.1, 0.15) is 27.2 Å². The van der Waals surface area contributed by atoms with Gasteiger partial charge in [-0.1, -0.05) is 25.1 Å². The third kappa shape index (κ3) is 3.13. The van der Waals surface area contributed by atoms with Crippen LogP contribution >= 0.6 is 11.8 Å². The van der Waals surface area contributed by atoms with E-state index in [1.54, 1.807) is 26.0 Å². The Bertz CT molecular complexity index is 724. The van der Waals surface area contributed by atoms with Crippen LogP contribution < -0.4 is 15.2 Å². The first-order valence-electron chi connectivity index (χ1n) is 8.49. The number of benzene rings is 1. The molecule has 3 rings (SSSR count). The molecule has 2 heterocycles. The second kappa shape index (κ2) is 6.83. The molecule has 2 aliphatic heterocycles. The molecule has 2 saturated heterocycles. The van der Waals surface area contributed by atoms with Gasteiger partial charge in [0.1, 0.15) is 17.2 Å². The van der Waals surface area contributed by atoms with E-state index < -0.39 is 40.2 Å². The maximum Gasteiger partial charge on any atom is 0.261 e. The van der Waals surface area contributed by atoms with Crippen LogP contribution in [0.4, 0.5) is 0 Å². The standard InChI is InChI=1S/C18H22N2O5S/c1-4-11(25-10-8-6-5-7-9-10)14(21)19-12-15(22)20-13(17(23)24)18(2,3)26-16(12)20/h5-9,11-13,16H,4H2,1-3H3,(H,19,21)(H,23,24)/p-1/t11-,12+,13+,16+/m0/s1. The Morgan fingerprint density at radius 1 is 1.35 bits per heavy atom. The number of nitrogens with one attached hydrogen (secondary N) is 1. The first-order chi connectivity index (χ1) is 12.3. The number of fused-ring (bicyclic) bond motifs is 1. The zero-order valence-electron chi connectivity index (χ0n) is 14.8. The minimum absolute atomic E-state index is 0.385. The zero-order valence-corrected chi connectivity index (χ0v) is 15.6. The van der Waals surface area contributed by atoms with Crippen LogP contribution in [0.3, 0.4) is 0 Å². The van der Waals surface area contributed by atoms with Crippen molar-refractivity contribution in [3.63, 3.8) is 0 Å². The molecule has 7 nitrogen and oxygen atoms in total. The molecule has 2 aliphatic rings. The zero-order chi connectivity index (χ0) is 19.1. The minimum atomic E-state index is -1.28.